The Morgan fingerprint density at radius 2 is 1.93 bits per heavy atom. The van der Waals surface area contributed by atoms with Gasteiger partial charge in [0.05, 0.1) is 5.69 Å². The molecule has 0 saturated heterocycles. The van der Waals surface area contributed by atoms with Gasteiger partial charge in [0, 0.05) is 17.0 Å². The summed E-state index contributed by atoms with van der Waals surface area (Å²) >= 11 is 0. The fraction of sp³-hybridized carbons (Fsp3) is 0.450. The Kier molecular flexibility index (Phi) is 5.81. The lowest BCUT2D eigenvalue weighted by Crippen LogP contribution is -2.42. The van der Waals surface area contributed by atoms with Gasteiger partial charge in [-0.05, 0) is 45.7 Å². The highest BCUT2D eigenvalue weighted by Crippen LogP contribution is 2.43. The van der Waals surface area contributed by atoms with Crippen molar-refractivity contribution >= 4 is 17.9 Å². The van der Waals surface area contributed by atoms with E-state index in [-0.39, 0.29) is 11.5 Å². The average Bonchev–Trinajstić information content (AvgIpc) is 3.35. The number of hydrogen-bond donors (Lipinski definition) is 2. The van der Waals surface area contributed by atoms with Gasteiger partial charge in [-0.1, -0.05) is 24.5 Å². The topological polar surface area (TPSA) is 58.6 Å². The van der Waals surface area contributed by atoms with Crippen LogP contribution in [0, 0.1) is 23.6 Å². The number of aliphatic hydroxyl groups is 1. The molecule has 0 spiro atoms. The maximum Gasteiger partial charge on any atom is 0.433 e. The molecule has 1 aliphatic carbocycles. The van der Waals surface area contributed by atoms with Crippen molar-refractivity contribution in [3.8, 4) is 11.8 Å². The molecule has 1 aliphatic rings. The second kappa shape index (κ2) is 7.47. The summed E-state index contributed by atoms with van der Waals surface area (Å²) < 4.78 is 60.4. The highest BCUT2D eigenvalue weighted by molar-refractivity contribution is 5.87. The van der Waals surface area contributed by atoms with Crippen LogP contribution < -0.4 is 5.32 Å². The third kappa shape index (κ3) is 5.04. The highest BCUT2D eigenvalue weighted by Gasteiger charge is 2.56. The Balaban J connectivity index is 2.59. The number of benzene rings is 1. The third-order valence-electron chi connectivity index (χ3n) is 3.83. The smallest absolute Gasteiger partial charge is 0.433 e. The minimum atomic E-state index is -5.23. The molecule has 0 bridgehead atoms. The van der Waals surface area contributed by atoms with Gasteiger partial charge in [-0.2, -0.15) is 13.2 Å². The minimum Gasteiger partial charge on any atom is -0.444 e. The molecule has 1 fully saturated rings. The molecule has 2 N–H and O–H groups in total. The summed E-state index contributed by atoms with van der Waals surface area (Å²) in [7, 11) is 0. The Hall–Kier alpha value is -2.53. The van der Waals surface area contributed by atoms with Crippen LogP contribution in [-0.4, -0.2) is 23.0 Å². The van der Waals surface area contributed by atoms with Crippen molar-refractivity contribution in [2.45, 2.75) is 51.0 Å². The van der Waals surface area contributed by atoms with Crippen molar-refractivity contribution in [1.29, 1.82) is 0 Å². The maximum absolute atomic E-state index is 14.2. The van der Waals surface area contributed by atoms with Gasteiger partial charge in [-0.25, -0.2) is 9.18 Å². The van der Waals surface area contributed by atoms with Crippen LogP contribution in [0.4, 0.5) is 28.0 Å². The Bertz CT molecular complexity index is 842. The number of alkyl halides is 3. The van der Waals surface area contributed by atoms with Crippen molar-refractivity contribution < 1.29 is 32.2 Å². The number of carbonyl (C=O) groups excluding carboxylic acids is 1. The van der Waals surface area contributed by atoms with Crippen LogP contribution in [0.3, 0.4) is 0 Å². The molecule has 1 aromatic carbocycles. The Morgan fingerprint density at radius 1 is 1.32 bits per heavy atom. The van der Waals surface area contributed by atoms with Crippen LogP contribution in [0.15, 0.2) is 18.7 Å². The van der Waals surface area contributed by atoms with Crippen LogP contribution in [0.25, 0.3) is 6.08 Å². The van der Waals surface area contributed by atoms with Crippen molar-refractivity contribution in [1.82, 2.24) is 0 Å². The van der Waals surface area contributed by atoms with E-state index in [1.165, 1.54) is 0 Å². The van der Waals surface area contributed by atoms with E-state index in [9.17, 15) is 27.5 Å². The zero-order valence-corrected chi connectivity index (χ0v) is 15.7. The van der Waals surface area contributed by atoms with Crippen LogP contribution in [-0.2, 0) is 10.3 Å². The molecule has 1 saturated carbocycles. The molecular formula is C20H21F4NO3. The SMILES string of the molecule is C=Cc1cc(NC(=O)OC(C)(C)C)c(C(O)(C#CC2CC2)C(F)(F)F)cc1F. The molecular weight excluding hydrogens is 378 g/mol. The quantitative estimate of drug-likeness (QED) is 0.557. The molecule has 1 amide bonds. The van der Waals surface area contributed by atoms with E-state index in [2.05, 4.69) is 17.8 Å². The van der Waals surface area contributed by atoms with Crippen LogP contribution in [0.1, 0.15) is 44.7 Å². The van der Waals surface area contributed by atoms with Gasteiger partial charge in [0.15, 0.2) is 0 Å². The summed E-state index contributed by atoms with van der Waals surface area (Å²) in [5, 5.41) is 12.6. The molecule has 8 heteroatoms. The molecule has 1 aromatic rings. The molecule has 0 aliphatic heterocycles. The first-order chi connectivity index (χ1) is 12.8. The number of anilines is 1. The van der Waals surface area contributed by atoms with E-state index in [1.807, 2.05) is 5.92 Å². The number of carbonyl (C=O) groups is 1. The zero-order valence-electron chi connectivity index (χ0n) is 15.7. The summed E-state index contributed by atoms with van der Waals surface area (Å²) in [6.45, 7) is 8.09. The number of ether oxygens (including phenoxy) is 1. The molecule has 2 rings (SSSR count). The first kappa shape index (κ1) is 21.8. The van der Waals surface area contributed by atoms with Crippen LogP contribution >= 0.6 is 0 Å². The van der Waals surface area contributed by atoms with Gasteiger partial charge >= 0.3 is 12.3 Å². The van der Waals surface area contributed by atoms with E-state index < -0.39 is 40.5 Å². The molecule has 0 aromatic heterocycles. The predicted octanol–water partition coefficient (Wildman–Crippen LogP) is 4.98. The van der Waals surface area contributed by atoms with Gasteiger partial charge in [0.2, 0.25) is 5.60 Å². The number of nitrogens with one attached hydrogen (secondary N) is 1. The first-order valence-corrected chi connectivity index (χ1v) is 8.55. The molecule has 1 atom stereocenters. The summed E-state index contributed by atoms with van der Waals surface area (Å²) in [5.74, 6) is 2.91. The zero-order chi connectivity index (χ0) is 21.3. The lowest BCUT2D eigenvalue weighted by Gasteiger charge is -2.28. The van der Waals surface area contributed by atoms with Gasteiger partial charge < -0.3 is 9.84 Å². The molecule has 0 radical (unpaired) electrons. The lowest BCUT2D eigenvalue weighted by molar-refractivity contribution is -0.240. The van der Waals surface area contributed by atoms with Gasteiger partial charge in [0.1, 0.15) is 11.4 Å². The molecule has 0 heterocycles. The molecule has 4 nitrogen and oxygen atoms in total. The van der Waals surface area contributed by atoms with E-state index >= 15 is 0 Å². The van der Waals surface area contributed by atoms with Crippen molar-refractivity contribution in [2.24, 2.45) is 5.92 Å². The average molecular weight is 399 g/mol. The fourth-order valence-corrected chi connectivity index (χ4v) is 2.29. The monoisotopic (exact) mass is 399 g/mol. The molecule has 152 valence electrons. The maximum atomic E-state index is 14.2. The Labute approximate surface area is 160 Å². The third-order valence-corrected chi connectivity index (χ3v) is 3.83. The summed E-state index contributed by atoms with van der Waals surface area (Å²) in [6.07, 6.45) is -3.96. The number of halogens is 4. The second-order valence-electron chi connectivity index (χ2n) is 7.50. The Morgan fingerprint density at radius 3 is 2.39 bits per heavy atom. The van der Waals surface area contributed by atoms with Crippen molar-refractivity contribution in [3.05, 3.63) is 35.7 Å². The van der Waals surface area contributed by atoms with Crippen LogP contribution in [0.2, 0.25) is 0 Å². The number of rotatable bonds is 3. The number of hydrogen-bond acceptors (Lipinski definition) is 3. The lowest BCUT2D eigenvalue weighted by atomic mass is 9.90. The second-order valence-corrected chi connectivity index (χ2v) is 7.50. The number of amides is 1. The normalized spacial score (nSPS) is 16.4. The molecule has 28 heavy (non-hydrogen) atoms. The van der Waals surface area contributed by atoms with E-state index in [0.29, 0.717) is 18.9 Å². The van der Waals surface area contributed by atoms with Crippen molar-refractivity contribution in [3.63, 3.8) is 0 Å². The van der Waals surface area contributed by atoms with Crippen molar-refractivity contribution in [2.75, 3.05) is 5.32 Å². The summed E-state index contributed by atoms with van der Waals surface area (Å²) in [6, 6.07) is 1.44. The first-order valence-electron chi connectivity index (χ1n) is 8.55. The predicted molar refractivity (Wildman–Crippen MR) is 96.8 cm³/mol. The van der Waals surface area contributed by atoms with Gasteiger partial charge in [0.25, 0.3) is 0 Å². The fourth-order valence-electron chi connectivity index (χ4n) is 2.29. The van der Waals surface area contributed by atoms with E-state index in [4.69, 9.17) is 4.74 Å². The largest absolute Gasteiger partial charge is 0.444 e. The highest BCUT2D eigenvalue weighted by atomic mass is 19.4. The van der Waals surface area contributed by atoms with Gasteiger partial charge in [-0.3, -0.25) is 5.32 Å². The minimum absolute atomic E-state index is 0.158. The summed E-state index contributed by atoms with van der Waals surface area (Å²) in [5.41, 5.74) is -6.15. The van der Waals surface area contributed by atoms with E-state index in [1.54, 1.807) is 20.8 Å². The molecule has 1 unspecified atom stereocenters. The van der Waals surface area contributed by atoms with Crippen LogP contribution in [0.5, 0.6) is 0 Å². The summed E-state index contributed by atoms with van der Waals surface area (Å²) in [4.78, 5) is 12.1. The van der Waals surface area contributed by atoms with Gasteiger partial charge in [-0.15, -0.1) is 0 Å². The standard InChI is InChI=1S/C20H21F4NO3/c1-5-13-10-16(25-17(26)28-18(2,3)4)14(11-15(13)21)19(27,20(22,23)24)9-8-12-6-7-12/h5,10-12,27H,1,6-7H2,2-4H3,(H,25,26). The van der Waals surface area contributed by atoms with E-state index in [0.717, 1.165) is 12.1 Å².